The lowest BCUT2D eigenvalue weighted by molar-refractivity contribution is 0.484. The summed E-state index contributed by atoms with van der Waals surface area (Å²) in [5.41, 5.74) is 3.98. The zero-order valence-corrected chi connectivity index (χ0v) is 10.6. The molecule has 0 unspecified atom stereocenters. The molecule has 1 aromatic rings. The van der Waals surface area contributed by atoms with Crippen LogP contribution in [0, 0.1) is 6.92 Å². The van der Waals surface area contributed by atoms with Gasteiger partial charge >= 0.3 is 0 Å². The fraction of sp³-hybridized carbons (Fsp3) is 0.571. The van der Waals surface area contributed by atoms with E-state index in [0.29, 0.717) is 6.04 Å². The van der Waals surface area contributed by atoms with E-state index in [9.17, 15) is 0 Å². The molecule has 1 N–H and O–H groups in total. The first kappa shape index (κ1) is 11.3. The van der Waals surface area contributed by atoms with Gasteiger partial charge in [-0.3, -0.25) is 0 Å². The van der Waals surface area contributed by atoms with E-state index in [1.165, 1.54) is 42.7 Å². The predicted molar refractivity (Wildman–Crippen MR) is 71.4 cm³/mol. The van der Waals surface area contributed by atoms with Gasteiger partial charge in [0.15, 0.2) is 0 Å². The molecule has 2 rings (SSSR count). The summed E-state index contributed by atoms with van der Waals surface area (Å²) in [5, 5.41) is 3.19. The summed E-state index contributed by atoms with van der Waals surface area (Å²) >= 11 is 0. The highest BCUT2D eigenvalue weighted by atomic mass is 15.2. The minimum atomic E-state index is 0.688. The quantitative estimate of drug-likeness (QED) is 0.818. The monoisotopic (exact) mass is 218 g/mol. The van der Waals surface area contributed by atoms with Gasteiger partial charge in [0.25, 0.3) is 0 Å². The molecule has 1 saturated heterocycles. The Kier molecular flexibility index (Phi) is 3.37. The Morgan fingerprint density at radius 2 is 2.12 bits per heavy atom. The first-order valence-electron chi connectivity index (χ1n) is 6.27. The van der Waals surface area contributed by atoms with Crippen LogP contribution in [0.15, 0.2) is 18.2 Å². The Bertz CT molecular complexity index is 360. The number of hydrogen-bond acceptors (Lipinski definition) is 2. The molecular weight excluding hydrogens is 196 g/mol. The summed E-state index contributed by atoms with van der Waals surface area (Å²) in [4.78, 5) is 2.55. The van der Waals surface area contributed by atoms with E-state index < -0.39 is 0 Å². The second-order valence-corrected chi connectivity index (χ2v) is 4.79. The standard InChI is InChI=1S/C14H22N2/c1-11-10-13(15-3)7-8-14(11)16-9-5-4-6-12(16)2/h7-8,10,12,15H,4-6,9H2,1-3H3/t12-/m0/s1. The minimum absolute atomic E-state index is 0.688. The van der Waals surface area contributed by atoms with Gasteiger partial charge in [0, 0.05) is 31.0 Å². The largest absolute Gasteiger partial charge is 0.388 e. The lowest BCUT2D eigenvalue weighted by Crippen LogP contribution is -2.37. The van der Waals surface area contributed by atoms with Crippen molar-refractivity contribution in [2.75, 3.05) is 23.8 Å². The predicted octanol–water partition coefficient (Wildman–Crippen LogP) is 3.42. The SMILES string of the molecule is CNc1ccc(N2CCCC[C@@H]2C)c(C)c1. The molecule has 0 spiro atoms. The summed E-state index contributed by atoms with van der Waals surface area (Å²) in [6.07, 6.45) is 4.04. The van der Waals surface area contributed by atoms with Gasteiger partial charge in [0.05, 0.1) is 0 Å². The molecule has 2 heteroatoms. The van der Waals surface area contributed by atoms with Gasteiger partial charge in [-0.15, -0.1) is 0 Å². The van der Waals surface area contributed by atoms with E-state index in [0.717, 1.165) is 0 Å². The van der Waals surface area contributed by atoms with Crippen molar-refractivity contribution in [3.05, 3.63) is 23.8 Å². The van der Waals surface area contributed by atoms with Gasteiger partial charge < -0.3 is 10.2 Å². The molecule has 0 aliphatic carbocycles. The normalized spacial score (nSPS) is 20.9. The van der Waals surface area contributed by atoms with Crippen LogP contribution in [0.1, 0.15) is 31.7 Å². The molecule has 88 valence electrons. The highest BCUT2D eigenvalue weighted by Gasteiger charge is 2.19. The van der Waals surface area contributed by atoms with E-state index in [-0.39, 0.29) is 0 Å². The topological polar surface area (TPSA) is 15.3 Å². The second-order valence-electron chi connectivity index (χ2n) is 4.79. The van der Waals surface area contributed by atoms with E-state index in [2.05, 4.69) is 42.3 Å². The Balaban J connectivity index is 2.25. The highest BCUT2D eigenvalue weighted by molar-refractivity contribution is 5.61. The molecule has 1 heterocycles. The second kappa shape index (κ2) is 4.77. The van der Waals surface area contributed by atoms with Crippen molar-refractivity contribution >= 4 is 11.4 Å². The Morgan fingerprint density at radius 1 is 1.31 bits per heavy atom. The molecule has 1 aromatic carbocycles. The van der Waals surface area contributed by atoms with Crippen LogP contribution in [0.5, 0.6) is 0 Å². The summed E-state index contributed by atoms with van der Waals surface area (Å²) in [7, 11) is 1.97. The average molecular weight is 218 g/mol. The van der Waals surface area contributed by atoms with Gasteiger partial charge in [-0.2, -0.15) is 0 Å². The molecule has 1 aliphatic rings. The molecule has 1 atom stereocenters. The van der Waals surface area contributed by atoms with Crippen molar-refractivity contribution in [2.24, 2.45) is 0 Å². The number of rotatable bonds is 2. The third kappa shape index (κ3) is 2.16. The summed E-state index contributed by atoms with van der Waals surface area (Å²) in [6, 6.07) is 7.34. The van der Waals surface area contributed by atoms with Crippen molar-refractivity contribution in [3.63, 3.8) is 0 Å². The number of nitrogens with zero attached hydrogens (tertiary/aromatic N) is 1. The van der Waals surface area contributed by atoms with Crippen LogP contribution in [0.3, 0.4) is 0 Å². The molecule has 1 fully saturated rings. The summed E-state index contributed by atoms with van der Waals surface area (Å²) in [5.74, 6) is 0. The number of benzene rings is 1. The van der Waals surface area contributed by atoms with Crippen LogP contribution >= 0.6 is 0 Å². The third-order valence-electron chi connectivity index (χ3n) is 3.60. The van der Waals surface area contributed by atoms with Crippen molar-refractivity contribution in [1.29, 1.82) is 0 Å². The maximum atomic E-state index is 3.19. The Morgan fingerprint density at radius 3 is 2.75 bits per heavy atom. The summed E-state index contributed by atoms with van der Waals surface area (Å²) in [6.45, 7) is 5.75. The molecule has 0 aromatic heterocycles. The van der Waals surface area contributed by atoms with E-state index in [4.69, 9.17) is 0 Å². The first-order valence-corrected chi connectivity index (χ1v) is 6.27. The summed E-state index contributed by atoms with van der Waals surface area (Å²) < 4.78 is 0. The number of piperidine rings is 1. The lowest BCUT2D eigenvalue weighted by atomic mass is 10.0. The smallest absolute Gasteiger partial charge is 0.0399 e. The average Bonchev–Trinajstić information content (AvgIpc) is 2.30. The van der Waals surface area contributed by atoms with E-state index >= 15 is 0 Å². The molecule has 0 radical (unpaired) electrons. The molecule has 16 heavy (non-hydrogen) atoms. The molecule has 0 amide bonds. The van der Waals surface area contributed by atoms with E-state index in [1.807, 2.05) is 7.05 Å². The van der Waals surface area contributed by atoms with Gasteiger partial charge in [-0.1, -0.05) is 0 Å². The Hall–Kier alpha value is -1.18. The van der Waals surface area contributed by atoms with Gasteiger partial charge in [0.2, 0.25) is 0 Å². The number of nitrogens with one attached hydrogen (secondary N) is 1. The van der Waals surface area contributed by atoms with Crippen LogP contribution < -0.4 is 10.2 Å². The fourth-order valence-electron chi connectivity index (χ4n) is 2.59. The zero-order chi connectivity index (χ0) is 11.5. The van der Waals surface area contributed by atoms with Gasteiger partial charge in [0.1, 0.15) is 0 Å². The number of anilines is 2. The van der Waals surface area contributed by atoms with Crippen LogP contribution in [-0.2, 0) is 0 Å². The zero-order valence-electron chi connectivity index (χ0n) is 10.6. The van der Waals surface area contributed by atoms with Gasteiger partial charge in [-0.05, 0) is 56.9 Å². The molecular formula is C14H22N2. The van der Waals surface area contributed by atoms with Crippen molar-refractivity contribution in [3.8, 4) is 0 Å². The van der Waals surface area contributed by atoms with Gasteiger partial charge in [-0.25, -0.2) is 0 Å². The van der Waals surface area contributed by atoms with E-state index in [1.54, 1.807) is 0 Å². The number of aryl methyl sites for hydroxylation is 1. The fourth-order valence-corrected chi connectivity index (χ4v) is 2.59. The van der Waals surface area contributed by atoms with Crippen molar-refractivity contribution in [2.45, 2.75) is 39.2 Å². The molecule has 0 saturated carbocycles. The van der Waals surface area contributed by atoms with Crippen LogP contribution in [0.25, 0.3) is 0 Å². The number of hydrogen-bond donors (Lipinski definition) is 1. The first-order chi connectivity index (χ1) is 7.72. The Labute approximate surface area is 98.7 Å². The maximum Gasteiger partial charge on any atom is 0.0399 e. The minimum Gasteiger partial charge on any atom is -0.388 e. The lowest BCUT2D eigenvalue weighted by Gasteiger charge is -2.36. The van der Waals surface area contributed by atoms with Crippen LogP contribution in [0.4, 0.5) is 11.4 Å². The van der Waals surface area contributed by atoms with Crippen LogP contribution in [-0.4, -0.2) is 19.6 Å². The van der Waals surface area contributed by atoms with Crippen LogP contribution in [0.2, 0.25) is 0 Å². The molecule has 0 bridgehead atoms. The van der Waals surface area contributed by atoms with Crippen molar-refractivity contribution < 1.29 is 0 Å². The highest BCUT2D eigenvalue weighted by Crippen LogP contribution is 2.29. The van der Waals surface area contributed by atoms with Crippen molar-refractivity contribution in [1.82, 2.24) is 0 Å². The molecule has 2 nitrogen and oxygen atoms in total. The maximum absolute atomic E-state index is 3.19. The molecule has 1 aliphatic heterocycles. The third-order valence-corrected chi connectivity index (χ3v) is 3.60.